The number of pyridine rings is 1. The van der Waals surface area contributed by atoms with Gasteiger partial charge in [0.1, 0.15) is 11.5 Å². The Labute approximate surface area is 151 Å². The van der Waals surface area contributed by atoms with Gasteiger partial charge in [0.15, 0.2) is 0 Å². The van der Waals surface area contributed by atoms with Crippen molar-refractivity contribution < 1.29 is 9.18 Å². The molecule has 0 saturated carbocycles. The lowest BCUT2D eigenvalue weighted by Crippen LogP contribution is -2.47. The Bertz CT molecular complexity index is 944. The van der Waals surface area contributed by atoms with Crippen LogP contribution in [0.3, 0.4) is 0 Å². The third kappa shape index (κ3) is 3.20. The summed E-state index contributed by atoms with van der Waals surface area (Å²) in [5.41, 5.74) is 2.84. The molecule has 1 aliphatic heterocycles. The van der Waals surface area contributed by atoms with Gasteiger partial charge in [-0.1, -0.05) is 18.2 Å². The van der Waals surface area contributed by atoms with Gasteiger partial charge in [-0.3, -0.25) is 4.79 Å². The quantitative estimate of drug-likeness (QED) is 0.789. The minimum absolute atomic E-state index is 0.121. The van der Waals surface area contributed by atoms with Gasteiger partial charge >= 0.3 is 0 Å². The summed E-state index contributed by atoms with van der Waals surface area (Å²) in [6.45, 7) is 3.32. The molecular weight excluding hydrogens is 331 g/mol. The molecule has 134 valence electrons. The zero-order chi connectivity index (χ0) is 18.1. The Hall–Kier alpha value is -2.73. The number of aromatic nitrogens is 2. The molecule has 6 heteroatoms. The number of carbonyl (C=O) groups is 1. The number of halogens is 1. The second-order valence-corrected chi connectivity index (χ2v) is 6.77. The van der Waals surface area contributed by atoms with Crippen LogP contribution in [-0.2, 0) is 11.2 Å². The van der Waals surface area contributed by atoms with E-state index in [-0.39, 0.29) is 11.7 Å². The summed E-state index contributed by atoms with van der Waals surface area (Å²) >= 11 is 0. The second-order valence-electron chi connectivity index (χ2n) is 6.77. The lowest BCUT2D eigenvalue weighted by Gasteiger charge is -2.32. The van der Waals surface area contributed by atoms with Crippen LogP contribution in [0, 0.1) is 5.82 Å². The summed E-state index contributed by atoms with van der Waals surface area (Å²) in [6, 6.07) is 8.55. The number of nitrogens with one attached hydrogen (secondary N) is 1. The van der Waals surface area contributed by atoms with Crippen LogP contribution in [0.25, 0.3) is 22.2 Å². The van der Waals surface area contributed by atoms with Gasteiger partial charge in [0.05, 0.1) is 6.42 Å². The molecule has 1 aromatic carbocycles. The highest BCUT2D eigenvalue weighted by molar-refractivity contribution is 5.89. The molecule has 4 rings (SSSR count). The first-order chi connectivity index (χ1) is 12.6. The van der Waals surface area contributed by atoms with Crippen LogP contribution in [-0.4, -0.2) is 58.9 Å². The van der Waals surface area contributed by atoms with Crippen molar-refractivity contribution in [1.82, 2.24) is 19.8 Å². The van der Waals surface area contributed by atoms with E-state index < -0.39 is 0 Å². The molecule has 0 spiro atoms. The highest BCUT2D eigenvalue weighted by Gasteiger charge is 2.20. The molecule has 0 unspecified atom stereocenters. The molecule has 0 radical (unpaired) electrons. The largest absolute Gasteiger partial charge is 0.346 e. The van der Waals surface area contributed by atoms with E-state index in [1.807, 2.05) is 17.2 Å². The van der Waals surface area contributed by atoms with E-state index in [4.69, 9.17) is 0 Å². The number of hydrogen-bond acceptors (Lipinski definition) is 3. The van der Waals surface area contributed by atoms with Gasteiger partial charge in [0, 0.05) is 55.1 Å². The van der Waals surface area contributed by atoms with Crippen molar-refractivity contribution in [3.05, 3.63) is 54.1 Å². The highest BCUT2D eigenvalue weighted by atomic mass is 19.1. The van der Waals surface area contributed by atoms with E-state index in [1.165, 1.54) is 6.07 Å². The molecular formula is C20H21FN4O. The number of aromatic amines is 1. The Morgan fingerprint density at radius 1 is 1.23 bits per heavy atom. The molecule has 0 atom stereocenters. The Morgan fingerprint density at radius 2 is 2.00 bits per heavy atom. The zero-order valence-electron chi connectivity index (χ0n) is 14.7. The van der Waals surface area contributed by atoms with E-state index in [1.54, 1.807) is 24.4 Å². The molecule has 0 bridgehead atoms. The lowest BCUT2D eigenvalue weighted by atomic mass is 10.0. The van der Waals surface area contributed by atoms with Crippen molar-refractivity contribution in [2.24, 2.45) is 0 Å². The Morgan fingerprint density at radius 3 is 2.77 bits per heavy atom. The summed E-state index contributed by atoms with van der Waals surface area (Å²) < 4.78 is 14.1. The minimum Gasteiger partial charge on any atom is -0.346 e. The predicted octanol–water partition coefficient (Wildman–Crippen LogP) is 2.69. The first kappa shape index (κ1) is 16.7. The maximum absolute atomic E-state index is 14.1. The topological polar surface area (TPSA) is 52.2 Å². The number of likely N-dealkylation sites (N-methyl/N-ethyl adjacent to an activating group) is 1. The van der Waals surface area contributed by atoms with E-state index in [9.17, 15) is 9.18 Å². The zero-order valence-corrected chi connectivity index (χ0v) is 14.7. The monoisotopic (exact) mass is 352 g/mol. The first-order valence-electron chi connectivity index (χ1n) is 8.79. The summed E-state index contributed by atoms with van der Waals surface area (Å²) in [6.07, 6.45) is 3.81. The van der Waals surface area contributed by atoms with Crippen LogP contribution < -0.4 is 0 Å². The summed E-state index contributed by atoms with van der Waals surface area (Å²) in [5.74, 6) is -0.158. The van der Waals surface area contributed by atoms with Crippen LogP contribution in [0.4, 0.5) is 4.39 Å². The van der Waals surface area contributed by atoms with Gasteiger partial charge in [-0.05, 0) is 24.7 Å². The molecule has 2 aromatic heterocycles. The minimum atomic E-state index is -0.278. The second kappa shape index (κ2) is 6.88. The number of carbonyl (C=O) groups excluding carboxylic acids is 1. The number of benzene rings is 1. The van der Waals surface area contributed by atoms with Crippen LogP contribution in [0.2, 0.25) is 0 Å². The highest BCUT2D eigenvalue weighted by Crippen LogP contribution is 2.27. The SMILES string of the molecule is CN1CCN(C(=O)Cc2c[nH]c3ncc(-c4ccccc4F)cc23)CC1. The molecule has 1 amide bonds. The summed E-state index contributed by atoms with van der Waals surface area (Å²) in [7, 11) is 2.07. The normalized spacial score (nSPS) is 15.5. The molecule has 5 nitrogen and oxygen atoms in total. The van der Waals surface area contributed by atoms with Crippen LogP contribution >= 0.6 is 0 Å². The van der Waals surface area contributed by atoms with Crippen LogP contribution in [0.15, 0.2) is 42.7 Å². The first-order valence-corrected chi connectivity index (χ1v) is 8.79. The van der Waals surface area contributed by atoms with Gasteiger partial charge < -0.3 is 14.8 Å². The third-order valence-corrected chi connectivity index (χ3v) is 5.00. The third-order valence-electron chi connectivity index (χ3n) is 5.00. The number of H-pyrrole nitrogens is 1. The van der Waals surface area contributed by atoms with Crippen molar-refractivity contribution in [2.75, 3.05) is 33.2 Å². The van der Waals surface area contributed by atoms with E-state index in [2.05, 4.69) is 21.9 Å². The number of fused-ring (bicyclic) bond motifs is 1. The fourth-order valence-corrected chi connectivity index (χ4v) is 3.38. The summed E-state index contributed by atoms with van der Waals surface area (Å²) in [5, 5.41) is 0.869. The molecule has 3 aromatic rings. The fraction of sp³-hybridized carbons (Fsp3) is 0.300. The van der Waals surface area contributed by atoms with E-state index in [0.29, 0.717) is 23.2 Å². The standard InChI is InChI=1S/C20H21FN4O/c1-24-6-8-25(9-7-24)19(26)11-15-13-23-20-17(15)10-14(12-22-20)16-4-2-3-5-18(16)21/h2-5,10,12-13H,6-9,11H2,1H3,(H,22,23). The number of hydrogen-bond donors (Lipinski definition) is 1. The van der Waals surface area contributed by atoms with Crippen molar-refractivity contribution in [3.63, 3.8) is 0 Å². The number of piperazine rings is 1. The number of amides is 1. The van der Waals surface area contributed by atoms with Gasteiger partial charge in [0.25, 0.3) is 0 Å². The van der Waals surface area contributed by atoms with Crippen molar-refractivity contribution in [3.8, 4) is 11.1 Å². The van der Waals surface area contributed by atoms with Gasteiger partial charge in [-0.15, -0.1) is 0 Å². The van der Waals surface area contributed by atoms with Crippen molar-refractivity contribution in [1.29, 1.82) is 0 Å². The number of rotatable bonds is 3. The van der Waals surface area contributed by atoms with Crippen LogP contribution in [0.5, 0.6) is 0 Å². The lowest BCUT2D eigenvalue weighted by molar-refractivity contribution is -0.132. The van der Waals surface area contributed by atoms with Crippen molar-refractivity contribution in [2.45, 2.75) is 6.42 Å². The maximum atomic E-state index is 14.1. The Balaban J connectivity index is 1.61. The molecule has 1 N–H and O–H groups in total. The molecule has 0 aliphatic carbocycles. The van der Waals surface area contributed by atoms with Crippen molar-refractivity contribution >= 4 is 16.9 Å². The van der Waals surface area contributed by atoms with E-state index in [0.717, 1.165) is 37.1 Å². The van der Waals surface area contributed by atoms with E-state index >= 15 is 0 Å². The summed E-state index contributed by atoms with van der Waals surface area (Å²) in [4.78, 5) is 24.3. The smallest absolute Gasteiger partial charge is 0.227 e. The molecule has 1 aliphatic rings. The molecule has 26 heavy (non-hydrogen) atoms. The van der Waals surface area contributed by atoms with Gasteiger partial charge in [-0.25, -0.2) is 9.37 Å². The average Bonchev–Trinajstić information content (AvgIpc) is 3.05. The van der Waals surface area contributed by atoms with Gasteiger partial charge in [-0.2, -0.15) is 0 Å². The average molecular weight is 352 g/mol. The maximum Gasteiger partial charge on any atom is 0.227 e. The molecule has 1 fully saturated rings. The van der Waals surface area contributed by atoms with Gasteiger partial charge in [0.2, 0.25) is 5.91 Å². The molecule has 1 saturated heterocycles. The predicted molar refractivity (Wildman–Crippen MR) is 99.3 cm³/mol. The Kier molecular flexibility index (Phi) is 4.42. The molecule has 3 heterocycles. The number of nitrogens with zero attached hydrogens (tertiary/aromatic N) is 3. The fourth-order valence-electron chi connectivity index (χ4n) is 3.38. The van der Waals surface area contributed by atoms with Crippen LogP contribution in [0.1, 0.15) is 5.56 Å².